The Kier molecular flexibility index (Phi) is 3.30. The number of benzene rings is 2. The SMILES string of the molecule is N#Cc1ncccc1CNc1ccc2ccccc2c1. The van der Waals surface area contributed by atoms with Crippen LogP contribution in [0.4, 0.5) is 5.69 Å². The molecule has 0 atom stereocenters. The smallest absolute Gasteiger partial charge is 0.145 e. The van der Waals surface area contributed by atoms with Crippen molar-refractivity contribution in [1.29, 1.82) is 5.26 Å². The van der Waals surface area contributed by atoms with E-state index < -0.39 is 0 Å². The van der Waals surface area contributed by atoms with Crippen LogP contribution in [0.2, 0.25) is 0 Å². The number of pyridine rings is 1. The minimum atomic E-state index is 0.473. The van der Waals surface area contributed by atoms with Gasteiger partial charge in [0.15, 0.2) is 0 Å². The maximum atomic E-state index is 9.02. The van der Waals surface area contributed by atoms with Crippen molar-refractivity contribution < 1.29 is 0 Å². The Balaban J connectivity index is 1.82. The van der Waals surface area contributed by atoms with Crippen molar-refractivity contribution in [2.75, 3.05) is 5.32 Å². The van der Waals surface area contributed by atoms with Gasteiger partial charge in [-0.1, -0.05) is 36.4 Å². The molecule has 0 radical (unpaired) electrons. The van der Waals surface area contributed by atoms with Gasteiger partial charge in [-0.3, -0.25) is 0 Å². The quantitative estimate of drug-likeness (QED) is 0.779. The maximum Gasteiger partial charge on any atom is 0.145 e. The largest absolute Gasteiger partial charge is 0.381 e. The lowest BCUT2D eigenvalue weighted by Gasteiger charge is -2.08. The van der Waals surface area contributed by atoms with E-state index in [-0.39, 0.29) is 0 Å². The summed E-state index contributed by atoms with van der Waals surface area (Å²) >= 11 is 0. The average Bonchev–Trinajstić information content (AvgIpc) is 2.53. The first-order valence-electron chi connectivity index (χ1n) is 6.43. The zero-order valence-corrected chi connectivity index (χ0v) is 10.9. The van der Waals surface area contributed by atoms with E-state index in [2.05, 4.69) is 40.6 Å². The highest BCUT2D eigenvalue weighted by Crippen LogP contribution is 2.19. The lowest BCUT2D eigenvalue weighted by molar-refractivity contribution is 1.09. The van der Waals surface area contributed by atoms with Gasteiger partial charge in [0.1, 0.15) is 11.8 Å². The van der Waals surface area contributed by atoms with Gasteiger partial charge in [-0.05, 0) is 29.0 Å². The molecule has 2 aromatic carbocycles. The first-order chi connectivity index (χ1) is 9.86. The molecule has 96 valence electrons. The molecule has 20 heavy (non-hydrogen) atoms. The Bertz CT molecular complexity index is 787. The summed E-state index contributed by atoms with van der Waals surface area (Å²) in [7, 11) is 0. The number of fused-ring (bicyclic) bond motifs is 1. The maximum absolute atomic E-state index is 9.02. The number of nitriles is 1. The van der Waals surface area contributed by atoms with E-state index in [1.54, 1.807) is 6.20 Å². The van der Waals surface area contributed by atoms with Crippen LogP contribution in [-0.4, -0.2) is 4.98 Å². The number of hydrogen-bond acceptors (Lipinski definition) is 3. The Morgan fingerprint density at radius 2 is 1.85 bits per heavy atom. The number of rotatable bonds is 3. The van der Waals surface area contributed by atoms with E-state index in [9.17, 15) is 0 Å². The van der Waals surface area contributed by atoms with Crippen molar-refractivity contribution in [2.45, 2.75) is 6.54 Å². The number of hydrogen-bond donors (Lipinski definition) is 1. The first kappa shape index (κ1) is 12.2. The van der Waals surface area contributed by atoms with Gasteiger partial charge in [-0.25, -0.2) is 4.98 Å². The molecule has 0 amide bonds. The van der Waals surface area contributed by atoms with Gasteiger partial charge in [0.2, 0.25) is 0 Å². The third-order valence-electron chi connectivity index (χ3n) is 3.23. The van der Waals surface area contributed by atoms with Crippen molar-refractivity contribution in [3.8, 4) is 6.07 Å². The van der Waals surface area contributed by atoms with Crippen LogP contribution >= 0.6 is 0 Å². The van der Waals surface area contributed by atoms with Gasteiger partial charge in [-0.2, -0.15) is 5.26 Å². The Hall–Kier alpha value is -2.86. The summed E-state index contributed by atoms with van der Waals surface area (Å²) in [6.07, 6.45) is 1.64. The molecule has 3 nitrogen and oxygen atoms in total. The molecule has 0 bridgehead atoms. The van der Waals surface area contributed by atoms with Crippen LogP contribution < -0.4 is 5.32 Å². The fourth-order valence-corrected chi connectivity index (χ4v) is 2.18. The van der Waals surface area contributed by atoms with Gasteiger partial charge in [0, 0.05) is 24.0 Å². The Morgan fingerprint density at radius 1 is 1.00 bits per heavy atom. The fourth-order valence-electron chi connectivity index (χ4n) is 2.18. The zero-order valence-electron chi connectivity index (χ0n) is 10.9. The average molecular weight is 259 g/mol. The van der Waals surface area contributed by atoms with Gasteiger partial charge in [0.05, 0.1) is 0 Å². The summed E-state index contributed by atoms with van der Waals surface area (Å²) in [5.41, 5.74) is 2.42. The molecule has 1 N–H and O–H groups in total. The molecule has 0 unspecified atom stereocenters. The summed E-state index contributed by atoms with van der Waals surface area (Å²) in [5.74, 6) is 0. The molecule has 0 spiro atoms. The van der Waals surface area contributed by atoms with E-state index in [1.165, 1.54) is 10.8 Å². The Morgan fingerprint density at radius 3 is 2.70 bits per heavy atom. The minimum absolute atomic E-state index is 0.473. The van der Waals surface area contributed by atoms with Gasteiger partial charge in [0.25, 0.3) is 0 Å². The molecule has 0 fully saturated rings. The van der Waals surface area contributed by atoms with E-state index in [0.29, 0.717) is 12.2 Å². The van der Waals surface area contributed by atoms with Gasteiger partial charge < -0.3 is 5.32 Å². The van der Waals surface area contributed by atoms with Crippen molar-refractivity contribution in [1.82, 2.24) is 4.98 Å². The second kappa shape index (κ2) is 5.41. The number of nitrogens with zero attached hydrogens (tertiary/aromatic N) is 2. The summed E-state index contributed by atoms with van der Waals surface area (Å²) < 4.78 is 0. The molecular weight excluding hydrogens is 246 g/mol. The van der Waals surface area contributed by atoms with Crippen LogP contribution in [0.3, 0.4) is 0 Å². The van der Waals surface area contributed by atoms with Gasteiger partial charge >= 0.3 is 0 Å². The molecule has 0 aliphatic carbocycles. The van der Waals surface area contributed by atoms with Crippen LogP contribution in [0.1, 0.15) is 11.3 Å². The van der Waals surface area contributed by atoms with Crippen molar-refractivity contribution in [3.05, 3.63) is 72.1 Å². The molecule has 1 heterocycles. The minimum Gasteiger partial charge on any atom is -0.381 e. The molecular formula is C17H13N3. The topological polar surface area (TPSA) is 48.7 Å². The summed E-state index contributed by atoms with van der Waals surface area (Å²) in [6.45, 7) is 0.592. The predicted molar refractivity (Wildman–Crippen MR) is 80.2 cm³/mol. The fraction of sp³-hybridized carbons (Fsp3) is 0.0588. The van der Waals surface area contributed by atoms with Crippen molar-refractivity contribution in [3.63, 3.8) is 0 Å². The lowest BCUT2D eigenvalue weighted by Crippen LogP contribution is -2.02. The second-order valence-electron chi connectivity index (χ2n) is 4.54. The number of anilines is 1. The molecule has 3 rings (SSSR count). The summed E-state index contributed by atoms with van der Waals surface area (Å²) in [4.78, 5) is 4.06. The molecule has 3 heteroatoms. The van der Waals surface area contributed by atoms with Crippen LogP contribution in [0.25, 0.3) is 10.8 Å². The third kappa shape index (κ3) is 2.45. The molecule has 0 saturated carbocycles. The molecule has 3 aromatic rings. The highest BCUT2D eigenvalue weighted by atomic mass is 14.9. The van der Waals surface area contributed by atoms with E-state index in [4.69, 9.17) is 5.26 Å². The highest BCUT2D eigenvalue weighted by molar-refractivity contribution is 5.85. The molecule has 0 saturated heterocycles. The van der Waals surface area contributed by atoms with Crippen LogP contribution in [0.15, 0.2) is 60.8 Å². The van der Waals surface area contributed by atoms with Crippen LogP contribution in [0, 0.1) is 11.3 Å². The first-order valence-corrected chi connectivity index (χ1v) is 6.43. The van der Waals surface area contributed by atoms with Crippen molar-refractivity contribution >= 4 is 16.5 Å². The summed E-state index contributed by atoms with van der Waals surface area (Å²) in [6, 6.07) is 20.4. The second-order valence-corrected chi connectivity index (χ2v) is 4.54. The third-order valence-corrected chi connectivity index (χ3v) is 3.23. The normalized spacial score (nSPS) is 10.2. The van der Waals surface area contributed by atoms with E-state index in [0.717, 1.165) is 11.3 Å². The van der Waals surface area contributed by atoms with Crippen LogP contribution in [-0.2, 0) is 6.54 Å². The number of nitrogens with one attached hydrogen (secondary N) is 1. The highest BCUT2D eigenvalue weighted by Gasteiger charge is 2.02. The zero-order chi connectivity index (χ0) is 13.8. The van der Waals surface area contributed by atoms with Gasteiger partial charge in [-0.15, -0.1) is 0 Å². The number of aromatic nitrogens is 1. The van der Waals surface area contributed by atoms with Crippen LogP contribution in [0.5, 0.6) is 0 Å². The van der Waals surface area contributed by atoms with E-state index >= 15 is 0 Å². The monoisotopic (exact) mass is 259 g/mol. The molecule has 0 aliphatic heterocycles. The predicted octanol–water partition coefficient (Wildman–Crippen LogP) is 3.72. The Labute approximate surface area is 117 Å². The molecule has 0 aliphatic rings. The van der Waals surface area contributed by atoms with Crippen molar-refractivity contribution in [2.24, 2.45) is 0 Å². The summed E-state index contributed by atoms with van der Waals surface area (Å²) in [5, 5.41) is 14.8. The van der Waals surface area contributed by atoms with E-state index in [1.807, 2.05) is 30.3 Å². The standard InChI is InChI=1S/C17H13N3/c18-11-17-15(6-3-9-19-17)12-20-16-8-7-13-4-1-2-5-14(13)10-16/h1-10,20H,12H2. The lowest BCUT2D eigenvalue weighted by atomic mass is 10.1. The molecule has 1 aromatic heterocycles.